The van der Waals surface area contributed by atoms with E-state index in [0.29, 0.717) is 17.6 Å². The van der Waals surface area contributed by atoms with Crippen molar-refractivity contribution in [2.75, 3.05) is 18.0 Å². The maximum atomic E-state index is 10.6. The monoisotopic (exact) mass is 314 g/mol. The van der Waals surface area contributed by atoms with Gasteiger partial charge in [0.2, 0.25) is 0 Å². The quantitative estimate of drug-likeness (QED) is 0.680. The van der Waals surface area contributed by atoms with Gasteiger partial charge in [0, 0.05) is 35.6 Å². The molecule has 1 heterocycles. The third-order valence-corrected chi connectivity index (χ3v) is 3.54. The molecular weight excluding hydrogens is 304 g/mol. The van der Waals surface area contributed by atoms with Crippen LogP contribution in [0.15, 0.2) is 22.7 Å². The Labute approximate surface area is 111 Å². The Balaban J connectivity index is 2.04. The highest BCUT2D eigenvalue weighted by Crippen LogP contribution is 2.34. The van der Waals surface area contributed by atoms with Gasteiger partial charge in [-0.15, -0.1) is 0 Å². The summed E-state index contributed by atoms with van der Waals surface area (Å²) in [5.41, 5.74) is 0.899. The highest BCUT2D eigenvalue weighted by atomic mass is 79.9. The molecule has 0 bridgehead atoms. The highest BCUT2D eigenvalue weighted by molar-refractivity contribution is 9.10. The molecule has 0 saturated carbocycles. The van der Waals surface area contributed by atoms with Crippen molar-refractivity contribution in [3.05, 3.63) is 32.8 Å². The number of carboxylic acid groups (broad SMARTS) is 1. The summed E-state index contributed by atoms with van der Waals surface area (Å²) in [5, 5.41) is 19.3. The van der Waals surface area contributed by atoms with Gasteiger partial charge in [0.1, 0.15) is 0 Å². The Kier molecular flexibility index (Phi) is 3.51. The predicted molar refractivity (Wildman–Crippen MR) is 68.8 cm³/mol. The molecule has 1 saturated heterocycles. The number of hydrogen-bond acceptors (Lipinski definition) is 4. The highest BCUT2D eigenvalue weighted by Gasteiger charge is 2.30. The second-order valence-electron chi connectivity index (χ2n) is 4.26. The molecule has 96 valence electrons. The van der Waals surface area contributed by atoms with Crippen LogP contribution in [0.25, 0.3) is 0 Å². The number of carbonyl (C=O) groups is 1. The summed E-state index contributed by atoms with van der Waals surface area (Å²) in [6.07, 6.45) is 0.168. The molecule has 0 radical (unpaired) electrons. The summed E-state index contributed by atoms with van der Waals surface area (Å²) in [6, 6.07) is 4.59. The third-order valence-electron chi connectivity index (χ3n) is 2.90. The number of nitro benzene ring substituents is 1. The average molecular weight is 315 g/mol. The molecule has 18 heavy (non-hydrogen) atoms. The number of anilines is 1. The predicted octanol–water partition coefficient (Wildman–Crippen LogP) is 2.27. The Hall–Kier alpha value is -1.63. The molecule has 0 aromatic heterocycles. The smallest absolute Gasteiger partial charge is 0.303 e. The van der Waals surface area contributed by atoms with Crippen LogP contribution in [0.3, 0.4) is 0 Å². The van der Waals surface area contributed by atoms with Gasteiger partial charge in [-0.25, -0.2) is 0 Å². The van der Waals surface area contributed by atoms with Crippen LogP contribution in [0.5, 0.6) is 0 Å². The van der Waals surface area contributed by atoms with E-state index < -0.39 is 10.9 Å². The van der Waals surface area contributed by atoms with Crippen molar-refractivity contribution in [3.63, 3.8) is 0 Å². The van der Waals surface area contributed by atoms with Gasteiger partial charge < -0.3 is 10.0 Å². The zero-order valence-electron chi connectivity index (χ0n) is 9.38. The van der Waals surface area contributed by atoms with Gasteiger partial charge in [-0.3, -0.25) is 14.9 Å². The van der Waals surface area contributed by atoms with E-state index in [1.54, 1.807) is 6.07 Å². The van der Waals surface area contributed by atoms with E-state index in [9.17, 15) is 14.9 Å². The summed E-state index contributed by atoms with van der Waals surface area (Å²) in [4.78, 5) is 22.7. The summed E-state index contributed by atoms with van der Waals surface area (Å²) in [5.74, 6) is -0.632. The molecule has 1 fully saturated rings. The van der Waals surface area contributed by atoms with Crippen LogP contribution in [0.1, 0.15) is 6.42 Å². The lowest BCUT2D eigenvalue weighted by Gasteiger charge is -2.40. The molecule has 6 nitrogen and oxygen atoms in total. The second-order valence-corrected chi connectivity index (χ2v) is 5.12. The molecule has 1 aromatic carbocycles. The topological polar surface area (TPSA) is 83.7 Å². The lowest BCUT2D eigenvalue weighted by atomic mass is 9.95. The molecule has 1 N–H and O–H groups in total. The Morgan fingerprint density at radius 1 is 1.56 bits per heavy atom. The van der Waals surface area contributed by atoms with Gasteiger partial charge in [0.25, 0.3) is 5.69 Å². The normalized spacial score (nSPS) is 15.3. The number of aliphatic carboxylic acids is 1. The van der Waals surface area contributed by atoms with Crippen LogP contribution in [0, 0.1) is 16.0 Å². The van der Waals surface area contributed by atoms with E-state index in [1.807, 2.05) is 4.90 Å². The summed E-state index contributed by atoms with van der Waals surface area (Å²) >= 11 is 3.30. The molecule has 7 heteroatoms. The van der Waals surface area contributed by atoms with E-state index in [4.69, 9.17) is 5.11 Å². The first kappa shape index (κ1) is 12.8. The van der Waals surface area contributed by atoms with Crippen LogP contribution in [0.4, 0.5) is 11.4 Å². The first-order valence-electron chi connectivity index (χ1n) is 5.38. The maximum Gasteiger partial charge on any atom is 0.303 e. The van der Waals surface area contributed by atoms with Gasteiger partial charge in [-0.1, -0.05) is 0 Å². The van der Waals surface area contributed by atoms with Crippen LogP contribution in [-0.2, 0) is 4.79 Å². The number of nitro groups is 1. The SMILES string of the molecule is O=C(O)CC1CN(c2ccc([N+](=O)[O-])cc2Br)C1. The number of non-ortho nitro benzene ring substituents is 1. The number of benzene rings is 1. The van der Waals surface area contributed by atoms with Crippen molar-refractivity contribution in [2.24, 2.45) is 5.92 Å². The molecule has 1 aromatic rings. The van der Waals surface area contributed by atoms with Crippen molar-refractivity contribution in [1.29, 1.82) is 0 Å². The maximum absolute atomic E-state index is 10.6. The summed E-state index contributed by atoms with van der Waals surface area (Å²) < 4.78 is 0.658. The summed E-state index contributed by atoms with van der Waals surface area (Å²) in [7, 11) is 0. The van der Waals surface area contributed by atoms with Gasteiger partial charge in [-0.05, 0) is 22.0 Å². The van der Waals surface area contributed by atoms with E-state index in [1.165, 1.54) is 12.1 Å². The van der Waals surface area contributed by atoms with Gasteiger partial charge in [0.05, 0.1) is 17.0 Å². The number of nitrogens with zero attached hydrogens (tertiary/aromatic N) is 2. The zero-order chi connectivity index (χ0) is 13.3. The minimum atomic E-state index is -0.789. The fraction of sp³-hybridized carbons (Fsp3) is 0.364. The average Bonchev–Trinajstić information content (AvgIpc) is 2.23. The fourth-order valence-corrected chi connectivity index (χ4v) is 2.63. The molecular formula is C11H11BrN2O4. The van der Waals surface area contributed by atoms with Crippen molar-refractivity contribution in [1.82, 2.24) is 0 Å². The van der Waals surface area contributed by atoms with E-state index in [-0.39, 0.29) is 18.0 Å². The molecule has 0 amide bonds. The molecule has 0 spiro atoms. The van der Waals surface area contributed by atoms with E-state index in [2.05, 4.69) is 15.9 Å². The Bertz CT molecular complexity index is 500. The third kappa shape index (κ3) is 2.61. The number of hydrogen-bond donors (Lipinski definition) is 1. The fourth-order valence-electron chi connectivity index (χ4n) is 2.01. The van der Waals surface area contributed by atoms with Crippen LogP contribution in [0.2, 0.25) is 0 Å². The largest absolute Gasteiger partial charge is 0.481 e. The lowest BCUT2D eigenvalue weighted by molar-refractivity contribution is -0.384. The molecule has 1 aliphatic heterocycles. The molecule has 0 atom stereocenters. The van der Waals surface area contributed by atoms with Crippen molar-refractivity contribution >= 4 is 33.3 Å². The van der Waals surface area contributed by atoms with Gasteiger partial charge in [0.15, 0.2) is 0 Å². The zero-order valence-corrected chi connectivity index (χ0v) is 11.0. The van der Waals surface area contributed by atoms with E-state index in [0.717, 1.165) is 5.69 Å². The van der Waals surface area contributed by atoms with Crippen molar-refractivity contribution < 1.29 is 14.8 Å². The molecule has 1 aliphatic rings. The number of carboxylic acids is 1. The van der Waals surface area contributed by atoms with Gasteiger partial charge in [-0.2, -0.15) is 0 Å². The Morgan fingerprint density at radius 2 is 2.22 bits per heavy atom. The second kappa shape index (κ2) is 4.93. The molecule has 0 unspecified atom stereocenters. The van der Waals surface area contributed by atoms with Gasteiger partial charge >= 0.3 is 5.97 Å². The standard InChI is InChI=1S/C11H11BrN2O4/c12-9-4-8(14(17)18)1-2-10(9)13-5-7(6-13)3-11(15)16/h1-2,4,7H,3,5-6H2,(H,15,16). The first-order chi connectivity index (χ1) is 8.47. The summed E-state index contributed by atoms with van der Waals surface area (Å²) in [6.45, 7) is 1.34. The lowest BCUT2D eigenvalue weighted by Crippen LogP contribution is -2.47. The minimum Gasteiger partial charge on any atom is -0.481 e. The number of rotatable bonds is 4. The minimum absolute atomic E-state index is 0.0354. The first-order valence-corrected chi connectivity index (χ1v) is 6.17. The van der Waals surface area contributed by atoms with Crippen molar-refractivity contribution in [3.8, 4) is 0 Å². The molecule has 0 aliphatic carbocycles. The van der Waals surface area contributed by atoms with Crippen LogP contribution < -0.4 is 4.90 Å². The molecule has 2 rings (SSSR count). The Morgan fingerprint density at radius 3 is 2.72 bits per heavy atom. The van der Waals surface area contributed by atoms with Crippen molar-refractivity contribution in [2.45, 2.75) is 6.42 Å². The van der Waals surface area contributed by atoms with Crippen LogP contribution in [-0.4, -0.2) is 29.1 Å². The van der Waals surface area contributed by atoms with Crippen LogP contribution >= 0.6 is 15.9 Å². The number of halogens is 1. The van der Waals surface area contributed by atoms with E-state index >= 15 is 0 Å².